The highest BCUT2D eigenvalue weighted by molar-refractivity contribution is 5.42. The Bertz CT molecular complexity index is 318. The summed E-state index contributed by atoms with van der Waals surface area (Å²) in [6, 6.07) is 11.2. The van der Waals surface area contributed by atoms with Crippen LogP contribution in [0.25, 0.3) is 0 Å². The number of hydrogen-bond donors (Lipinski definition) is 0. The first-order valence-electron chi connectivity index (χ1n) is 4.61. The van der Waals surface area contributed by atoms with Gasteiger partial charge in [0.1, 0.15) is 0 Å². The predicted octanol–water partition coefficient (Wildman–Crippen LogP) is 1.96. The fourth-order valence-electron chi connectivity index (χ4n) is 1.55. The lowest BCUT2D eigenvalue weighted by Gasteiger charge is -2.05. The van der Waals surface area contributed by atoms with Crippen LogP contribution in [0.1, 0.15) is 11.1 Å². The molecule has 0 aromatic heterocycles. The van der Waals surface area contributed by atoms with Crippen molar-refractivity contribution < 1.29 is 0 Å². The first-order valence-corrected chi connectivity index (χ1v) is 4.61. The van der Waals surface area contributed by atoms with E-state index in [0.717, 1.165) is 25.9 Å². The maximum absolute atomic E-state index is 4.07. The largest absolute Gasteiger partial charge is 0.225 e. The highest BCUT2D eigenvalue weighted by Gasteiger charge is 2.01. The average Bonchev–Trinajstić information content (AvgIpc) is 2.28. The van der Waals surface area contributed by atoms with Crippen molar-refractivity contribution in [2.45, 2.75) is 12.8 Å². The Labute approximate surface area is 78.0 Å². The van der Waals surface area contributed by atoms with Crippen LogP contribution < -0.4 is 0 Å². The molecule has 0 saturated carbocycles. The second-order valence-corrected chi connectivity index (χ2v) is 3.13. The van der Waals surface area contributed by atoms with Gasteiger partial charge in [0, 0.05) is 0 Å². The van der Waals surface area contributed by atoms with Crippen molar-refractivity contribution in [1.29, 1.82) is 0 Å². The molecule has 13 heavy (non-hydrogen) atoms. The summed E-state index contributed by atoms with van der Waals surface area (Å²) in [5.74, 6) is 0. The quantitative estimate of drug-likeness (QED) is 0.571. The number of nitrogens with zero attached hydrogens (tertiary/aromatic N) is 2. The van der Waals surface area contributed by atoms with Gasteiger partial charge in [0.15, 0.2) is 0 Å². The van der Waals surface area contributed by atoms with Gasteiger partial charge >= 0.3 is 0 Å². The fraction of sp³-hybridized carbons (Fsp3) is 0.364. The lowest BCUT2D eigenvalue weighted by molar-refractivity contribution is 0.928. The Morgan fingerprint density at radius 1 is 0.923 bits per heavy atom. The number of fused-ring (bicyclic) bond motifs is 1. The summed E-state index contributed by atoms with van der Waals surface area (Å²) >= 11 is 0. The van der Waals surface area contributed by atoms with E-state index in [9.17, 15) is 0 Å². The molecule has 0 N–H and O–H groups in total. The van der Waals surface area contributed by atoms with E-state index in [1.165, 1.54) is 11.1 Å². The normalized spacial score (nSPS) is 15.7. The van der Waals surface area contributed by atoms with Crippen molar-refractivity contribution >= 4 is 6.01 Å². The molecule has 1 aromatic rings. The van der Waals surface area contributed by atoms with E-state index >= 15 is 0 Å². The third kappa shape index (κ3) is 2.04. The molecule has 0 spiro atoms. The van der Waals surface area contributed by atoms with Crippen LogP contribution in [0.3, 0.4) is 0 Å². The predicted molar refractivity (Wildman–Crippen MR) is 53.4 cm³/mol. The van der Waals surface area contributed by atoms with Crippen molar-refractivity contribution in [3.05, 3.63) is 35.4 Å². The van der Waals surface area contributed by atoms with Crippen LogP contribution >= 0.6 is 0 Å². The standard InChI is InChI=1S/C11H12N2/c1-2-4-11-6-8-13-9-12-7-5-10(11)3-1/h1-4H,5-8H2. The first kappa shape index (κ1) is 8.21. The second kappa shape index (κ2) is 4.01. The van der Waals surface area contributed by atoms with Gasteiger partial charge in [0.05, 0.1) is 19.1 Å². The molecule has 1 aromatic carbocycles. The Morgan fingerprint density at radius 2 is 1.46 bits per heavy atom. The molecule has 0 amide bonds. The highest BCUT2D eigenvalue weighted by Crippen LogP contribution is 2.11. The van der Waals surface area contributed by atoms with E-state index in [-0.39, 0.29) is 0 Å². The molecule has 2 heteroatoms. The zero-order chi connectivity index (χ0) is 8.93. The zero-order valence-corrected chi connectivity index (χ0v) is 7.53. The molecular formula is C11H12N2. The fourth-order valence-corrected chi connectivity index (χ4v) is 1.55. The summed E-state index contributed by atoms with van der Waals surface area (Å²) < 4.78 is 0. The number of rotatable bonds is 0. The summed E-state index contributed by atoms with van der Waals surface area (Å²) in [5, 5.41) is 0. The van der Waals surface area contributed by atoms with E-state index in [4.69, 9.17) is 0 Å². The van der Waals surface area contributed by atoms with Gasteiger partial charge in [0.25, 0.3) is 0 Å². The Balaban J connectivity index is 2.28. The monoisotopic (exact) mass is 172 g/mol. The maximum atomic E-state index is 4.07. The van der Waals surface area contributed by atoms with Gasteiger partial charge in [-0.25, -0.2) is 9.98 Å². The minimum absolute atomic E-state index is 0.806. The molecule has 0 atom stereocenters. The van der Waals surface area contributed by atoms with Crippen molar-refractivity contribution in [3.8, 4) is 0 Å². The van der Waals surface area contributed by atoms with Crippen LogP contribution in [0.15, 0.2) is 34.3 Å². The molecule has 0 aliphatic carbocycles. The van der Waals surface area contributed by atoms with Gasteiger partial charge < -0.3 is 0 Å². The number of hydrogen-bond acceptors (Lipinski definition) is 2. The van der Waals surface area contributed by atoms with Gasteiger partial charge in [-0.05, 0) is 24.0 Å². The van der Waals surface area contributed by atoms with Crippen LogP contribution in [-0.4, -0.2) is 19.1 Å². The van der Waals surface area contributed by atoms with E-state index in [0.29, 0.717) is 0 Å². The van der Waals surface area contributed by atoms with Crippen LogP contribution in [0.5, 0.6) is 0 Å². The Kier molecular flexibility index (Phi) is 2.54. The highest BCUT2D eigenvalue weighted by atomic mass is 14.8. The van der Waals surface area contributed by atoms with E-state index in [1.54, 1.807) is 0 Å². The third-order valence-corrected chi connectivity index (χ3v) is 2.25. The molecule has 0 radical (unpaired) electrons. The van der Waals surface area contributed by atoms with Crippen LogP contribution in [-0.2, 0) is 12.8 Å². The van der Waals surface area contributed by atoms with Gasteiger partial charge in [-0.3, -0.25) is 0 Å². The topological polar surface area (TPSA) is 24.7 Å². The number of benzene rings is 1. The second-order valence-electron chi connectivity index (χ2n) is 3.13. The molecule has 2 rings (SSSR count). The van der Waals surface area contributed by atoms with Gasteiger partial charge in [-0.15, -0.1) is 0 Å². The lowest BCUT2D eigenvalue weighted by Crippen LogP contribution is -1.97. The van der Waals surface area contributed by atoms with Crippen molar-refractivity contribution in [2.24, 2.45) is 9.98 Å². The first-order chi connectivity index (χ1) is 6.47. The minimum Gasteiger partial charge on any atom is -0.225 e. The van der Waals surface area contributed by atoms with Crippen molar-refractivity contribution in [3.63, 3.8) is 0 Å². The van der Waals surface area contributed by atoms with Crippen molar-refractivity contribution in [2.75, 3.05) is 13.1 Å². The smallest absolute Gasteiger partial charge is 0.0892 e. The molecule has 2 nitrogen and oxygen atoms in total. The lowest BCUT2D eigenvalue weighted by atomic mass is 10.0. The molecular weight excluding hydrogens is 160 g/mol. The van der Waals surface area contributed by atoms with E-state index in [1.807, 2.05) is 0 Å². The Morgan fingerprint density at radius 3 is 2.00 bits per heavy atom. The summed E-state index contributed by atoms with van der Waals surface area (Å²) in [5.41, 5.74) is 2.82. The molecule has 0 fully saturated rings. The minimum atomic E-state index is 0.806. The Hall–Kier alpha value is -1.40. The van der Waals surface area contributed by atoms with E-state index in [2.05, 4.69) is 40.3 Å². The van der Waals surface area contributed by atoms with Crippen molar-refractivity contribution in [1.82, 2.24) is 0 Å². The molecule has 66 valence electrons. The summed E-state index contributed by atoms with van der Waals surface area (Å²) in [4.78, 5) is 8.15. The van der Waals surface area contributed by atoms with E-state index < -0.39 is 0 Å². The average molecular weight is 172 g/mol. The summed E-state index contributed by atoms with van der Waals surface area (Å²) in [6.45, 7) is 1.61. The summed E-state index contributed by atoms with van der Waals surface area (Å²) in [6.07, 6.45) is 2.03. The molecule has 1 heterocycles. The van der Waals surface area contributed by atoms with Crippen LogP contribution in [0.2, 0.25) is 0 Å². The molecule has 0 unspecified atom stereocenters. The summed E-state index contributed by atoms with van der Waals surface area (Å²) in [7, 11) is 0. The third-order valence-electron chi connectivity index (χ3n) is 2.25. The maximum Gasteiger partial charge on any atom is 0.0892 e. The van der Waals surface area contributed by atoms with Crippen LogP contribution in [0, 0.1) is 0 Å². The van der Waals surface area contributed by atoms with Gasteiger partial charge in [-0.1, -0.05) is 24.3 Å². The molecule has 0 bridgehead atoms. The molecule has 1 aliphatic rings. The molecule has 1 aliphatic heterocycles. The van der Waals surface area contributed by atoms with Gasteiger partial charge in [-0.2, -0.15) is 0 Å². The van der Waals surface area contributed by atoms with Gasteiger partial charge in [0.2, 0.25) is 0 Å². The zero-order valence-electron chi connectivity index (χ0n) is 7.53. The number of aliphatic imine (C=N–C) groups is 2. The SMILES string of the molecule is C1=NCCc2ccccc2CCN=1. The van der Waals surface area contributed by atoms with Crippen LogP contribution in [0.4, 0.5) is 0 Å². The molecule has 0 saturated heterocycles.